The Labute approximate surface area is 167 Å². The fraction of sp³-hybridized carbons (Fsp3) is 0.412. The molecule has 3 N–H and O–H groups in total. The zero-order valence-corrected chi connectivity index (χ0v) is 17.0. The van der Waals surface area contributed by atoms with E-state index < -0.39 is 15.7 Å². The molecule has 2 rings (SSSR count). The fourth-order valence-corrected chi connectivity index (χ4v) is 3.79. The number of nitrogens with one attached hydrogen (secondary N) is 2. The summed E-state index contributed by atoms with van der Waals surface area (Å²) < 4.78 is 23.0. The van der Waals surface area contributed by atoms with Crippen LogP contribution in [-0.4, -0.2) is 41.9 Å². The first-order valence-electron chi connectivity index (χ1n) is 8.66. The minimum atomic E-state index is -3.25. The third kappa shape index (κ3) is 6.98. The summed E-state index contributed by atoms with van der Waals surface area (Å²) in [4.78, 5) is 23.0. The summed E-state index contributed by atoms with van der Waals surface area (Å²) >= 11 is 1.21. The normalized spacial score (nSPS) is 11.2. The van der Waals surface area contributed by atoms with E-state index in [-0.39, 0.29) is 17.2 Å². The summed E-state index contributed by atoms with van der Waals surface area (Å²) in [5.41, 5.74) is 2.30. The van der Waals surface area contributed by atoms with Gasteiger partial charge in [0.1, 0.15) is 5.01 Å². The number of carbonyl (C=O) groups excluding carboxylic acids is 2. The molecule has 0 spiro atoms. The van der Waals surface area contributed by atoms with Crippen LogP contribution in [0.3, 0.4) is 0 Å². The maximum absolute atomic E-state index is 12.0. The quantitative estimate of drug-likeness (QED) is 0.301. The molecule has 2 amide bonds. The molecule has 152 valence electrons. The average molecular weight is 427 g/mol. The number of nitrogens with zero attached hydrogens (tertiary/aromatic N) is 2. The highest BCUT2D eigenvalue weighted by atomic mass is 32.2. The van der Waals surface area contributed by atoms with Gasteiger partial charge in [0.05, 0.1) is 4.90 Å². The third-order valence-electron chi connectivity index (χ3n) is 3.88. The molecule has 0 aliphatic rings. The molecule has 0 fully saturated rings. The van der Waals surface area contributed by atoms with Crippen molar-refractivity contribution >= 4 is 38.1 Å². The van der Waals surface area contributed by atoms with Gasteiger partial charge in [-0.15, -0.1) is 10.2 Å². The van der Waals surface area contributed by atoms with Crippen LogP contribution in [0.5, 0.6) is 0 Å². The lowest BCUT2D eigenvalue weighted by atomic mass is 10.1. The van der Waals surface area contributed by atoms with Crippen molar-refractivity contribution in [2.45, 2.75) is 43.4 Å². The Morgan fingerprint density at radius 1 is 1.00 bits per heavy atom. The number of benzene rings is 1. The van der Waals surface area contributed by atoms with Gasteiger partial charge in [-0.25, -0.2) is 13.9 Å². The highest BCUT2D eigenvalue weighted by molar-refractivity contribution is 7.90. The Balaban J connectivity index is 1.78. The number of carbonyl (C=O) groups is 2. The van der Waals surface area contributed by atoms with E-state index in [4.69, 9.17) is 5.21 Å². The second-order valence-electron chi connectivity index (χ2n) is 6.21. The number of sulfone groups is 1. The van der Waals surface area contributed by atoms with Crippen LogP contribution in [-0.2, 0) is 19.4 Å². The van der Waals surface area contributed by atoms with E-state index in [2.05, 4.69) is 15.5 Å². The molecule has 28 heavy (non-hydrogen) atoms. The fourth-order valence-electron chi connectivity index (χ4n) is 2.40. The highest BCUT2D eigenvalue weighted by Gasteiger charge is 2.11. The molecule has 2 aromatic rings. The van der Waals surface area contributed by atoms with Crippen molar-refractivity contribution in [3.63, 3.8) is 0 Å². The number of rotatable bonds is 10. The van der Waals surface area contributed by atoms with Gasteiger partial charge >= 0.3 is 0 Å². The largest absolute Gasteiger partial charge is 0.301 e. The topological polar surface area (TPSA) is 138 Å². The number of hydrogen-bond acceptors (Lipinski definition) is 8. The first-order valence-corrected chi connectivity index (χ1v) is 11.4. The standard InChI is InChI=1S/C17H22N4O5S2/c1-28(25,26)13-10-8-12(9-11-13)16-19-20-17(27-16)18-14(22)6-4-2-3-5-7-15(23)21-24/h8-11,24H,2-7H2,1H3,(H,21,23)(H,18,20,22). The molecule has 0 aliphatic carbocycles. The smallest absolute Gasteiger partial charge is 0.243 e. The number of anilines is 1. The molecule has 9 nitrogen and oxygen atoms in total. The van der Waals surface area contributed by atoms with Gasteiger partial charge in [-0.3, -0.25) is 14.8 Å². The van der Waals surface area contributed by atoms with Gasteiger partial charge < -0.3 is 5.32 Å². The lowest BCUT2D eigenvalue weighted by molar-refractivity contribution is -0.129. The molecule has 0 atom stereocenters. The molecule has 1 heterocycles. The van der Waals surface area contributed by atoms with Crippen molar-refractivity contribution in [3.05, 3.63) is 24.3 Å². The van der Waals surface area contributed by atoms with E-state index in [1.54, 1.807) is 17.6 Å². The maximum Gasteiger partial charge on any atom is 0.243 e. The van der Waals surface area contributed by atoms with Gasteiger partial charge in [0.15, 0.2) is 9.84 Å². The summed E-state index contributed by atoms with van der Waals surface area (Å²) in [6.07, 6.45) is 4.70. The molecular formula is C17H22N4O5S2. The Morgan fingerprint density at radius 2 is 1.61 bits per heavy atom. The van der Waals surface area contributed by atoms with Crippen LogP contribution >= 0.6 is 11.3 Å². The van der Waals surface area contributed by atoms with E-state index >= 15 is 0 Å². The summed E-state index contributed by atoms with van der Waals surface area (Å²) in [7, 11) is -3.25. The van der Waals surface area contributed by atoms with Crippen molar-refractivity contribution < 1.29 is 23.2 Å². The van der Waals surface area contributed by atoms with Crippen LogP contribution in [0.2, 0.25) is 0 Å². The Bertz CT molecular complexity index is 910. The zero-order chi connectivity index (χ0) is 20.6. The first-order chi connectivity index (χ1) is 13.3. The molecule has 0 saturated carbocycles. The molecular weight excluding hydrogens is 404 g/mol. The molecule has 0 unspecified atom stereocenters. The minimum Gasteiger partial charge on any atom is -0.301 e. The van der Waals surface area contributed by atoms with Crippen LogP contribution in [0.1, 0.15) is 38.5 Å². The number of hydroxylamine groups is 1. The van der Waals surface area contributed by atoms with Gasteiger partial charge in [-0.05, 0) is 25.0 Å². The highest BCUT2D eigenvalue weighted by Crippen LogP contribution is 2.27. The average Bonchev–Trinajstić information content (AvgIpc) is 3.12. The summed E-state index contributed by atoms with van der Waals surface area (Å²) in [5, 5.41) is 20.0. The Kier molecular flexibility index (Phi) is 8.03. The van der Waals surface area contributed by atoms with Crippen LogP contribution in [0.25, 0.3) is 10.6 Å². The monoisotopic (exact) mass is 426 g/mol. The summed E-state index contributed by atoms with van der Waals surface area (Å²) in [6, 6.07) is 6.32. The van der Waals surface area contributed by atoms with E-state index in [9.17, 15) is 18.0 Å². The lowest BCUT2D eigenvalue weighted by Crippen LogP contribution is -2.17. The van der Waals surface area contributed by atoms with Crippen molar-refractivity contribution in [2.75, 3.05) is 11.6 Å². The number of aromatic nitrogens is 2. The molecule has 0 aliphatic heterocycles. The van der Waals surface area contributed by atoms with Gasteiger partial charge in [0.2, 0.25) is 16.9 Å². The van der Waals surface area contributed by atoms with Crippen LogP contribution in [0.4, 0.5) is 5.13 Å². The Hall–Kier alpha value is -2.37. The molecule has 11 heteroatoms. The van der Waals surface area contributed by atoms with Crippen LogP contribution in [0.15, 0.2) is 29.2 Å². The van der Waals surface area contributed by atoms with Crippen molar-refractivity contribution in [3.8, 4) is 10.6 Å². The minimum absolute atomic E-state index is 0.164. The van der Waals surface area contributed by atoms with Crippen LogP contribution < -0.4 is 10.8 Å². The van der Waals surface area contributed by atoms with E-state index in [1.807, 2.05) is 0 Å². The van der Waals surface area contributed by atoms with Gasteiger partial charge in [0.25, 0.3) is 0 Å². The molecule has 0 saturated heterocycles. The number of hydrogen-bond donors (Lipinski definition) is 3. The third-order valence-corrected chi connectivity index (χ3v) is 5.90. The van der Waals surface area contributed by atoms with Crippen molar-refractivity contribution in [1.82, 2.24) is 15.7 Å². The second kappa shape index (κ2) is 10.2. The summed E-state index contributed by atoms with van der Waals surface area (Å²) in [6.45, 7) is 0. The van der Waals surface area contributed by atoms with Gasteiger partial charge in [-0.2, -0.15) is 0 Å². The predicted molar refractivity (Wildman–Crippen MR) is 105 cm³/mol. The Morgan fingerprint density at radius 3 is 2.18 bits per heavy atom. The maximum atomic E-state index is 12.0. The molecule has 1 aromatic heterocycles. The SMILES string of the molecule is CS(=O)(=O)c1ccc(-c2nnc(NC(=O)CCCCCCC(=O)NO)s2)cc1. The zero-order valence-electron chi connectivity index (χ0n) is 15.3. The van der Waals surface area contributed by atoms with Gasteiger partial charge in [0, 0.05) is 24.7 Å². The number of amides is 2. The number of unbranched alkanes of at least 4 members (excludes halogenated alkanes) is 3. The van der Waals surface area contributed by atoms with Crippen molar-refractivity contribution in [2.24, 2.45) is 0 Å². The predicted octanol–water partition coefficient (Wildman–Crippen LogP) is 2.39. The van der Waals surface area contributed by atoms with Crippen molar-refractivity contribution in [1.29, 1.82) is 0 Å². The van der Waals surface area contributed by atoms with E-state index in [0.717, 1.165) is 24.7 Å². The lowest BCUT2D eigenvalue weighted by Gasteiger charge is -2.02. The van der Waals surface area contributed by atoms with E-state index in [1.165, 1.54) is 23.5 Å². The van der Waals surface area contributed by atoms with Gasteiger partial charge in [-0.1, -0.05) is 36.3 Å². The first kappa shape index (κ1) is 21.9. The molecule has 0 bridgehead atoms. The summed E-state index contributed by atoms with van der Waals surface area (Å²) in [5.74, 6) is -0.570. The molecule has 1 aromatic carbocycles. The second-order valence-corrected chi connectivity index (χ2v) is 9.20. The van der Waals surface area contributed by atoms with E-state index in [0.29, 0.717) is 29.4 Å². The molecule has 0 radical (unpaired) electrons. The van der Waals surface area contributed by atoms with Crippen LogP contribution in [0, 0.1) is 0 Å².